The Bertz CT molecular complexity index is 364. The van der Waals surface area contributed by atoms with Gasteiger partial charge in [-0.2, -0.15) is 0 Å². The number of likely N-dealkylation sites (N-methyl/N-ethyl adjacent to an activating group) is 1. The molecule has 0 amide bonds. The van der Waals surface area contributed by atoms with E-state index in [2.05, 4.69) is 40.3 Å². The Kier molecular flexibility index (Phi) is 3.97. The first-order chi connectivity index (χ1) is 8.22. The average Bonchev–Trinajstić information content (AvgIpc) is 2.79. The van der Waals surface area contributed by atoms with Gasteiger partial charge in [0.2, 0.25) is 0 Å². The summed E-state index contributed by atoms with van der Waals surface area (Å²) in [6.45, 7) is 3.14. The molecule has 1 aromatic rings. The zero-order chi connectivity index (χ0) is 12.3. The van der Waals surface area contributed by atoms with E-state index in [0.717, 1.165) is 19.6 Å². The number of nitrogens with zero attached hydrogens (tertiary/aromatic N) is 3. The maximum Gasteiger partial charge on any atom is 0.0598 e. The minimum Gasteiger partial charge on any atom is -0.368 e. The number of rotatable bonds is 4. The lowest BCUT2D eigenvalue weighted by atomic mass is 10.2. The normalized spacial score (nSPS) is 20.2. The smallest absolute Gasteiger partial charge is 0.0598 e. The summed E-state index contributed by atoms with van der Waals surface area (Å²) >= 11 is 0. The number of anilines is 1. The molecule has 1 aromatic heterocycles. The van der Waals surface area contributed by atoms with Gasteiger partial charge in [0.15, 0.2) is 0 Å². The fourth-order valence-electron chi connectivity index (χ4n) is 2.42. The van der Waals surface area contributed by atoms with Crippen molar-refractivity contribution in [2.75, 3.05) is 39.1 Å². The molecular weight excluding hydrogens is 212 g/mol. The zero-order valence-electron chi connectivity index (χ0n) is 11.0. The van der Waals surface area contributed by atoms with E-state index in [0.29, 0.717) is 6.04 Å². The van der Waals surface area contributed by atoms with Crippen molar-refractivity contribution in [3.8, 4) is 0 Å². The van der Waals surface area contributed by atoms with Gasteiger partial charge in [-0.3, -0.25) is 4.98 Å². The fourth-order valence-corrected chi connectivity index (χ4v) is 2.42. The largest absolute Gasteiger partial charge is 0.368 e. The number of nitrogens with one attached hydrogen (secondary N) is 1. The molecular formula is C13H22N4. The fraction of sp³-hybridized carbons (Fsp3) is 0.615. The highest BCUT2D eigenvalue weighted by Gasteiger charge is 2.25. The molecule has 0 aromatic carbocycles. The number of pyridine rings is 1. The lowest BCUT2D eigenvalue weighted by Crippen LogP contribution is -2.32. The van der Waals surface area contributed by atoms with Crippen LogP contribution in [0.25, 0.3) is 0 Å². The topological polar surface area (TPSA) is 31.4 Å². The maximum absolute atomic E-state index is 4.26. The third-order valence-electron chi connectivity index (χ3n) is 3.49. The molecule has 1 aliphatic rings. The van der Waals surface area contributed by atoms with Crippen molar-refractivity contribution in [2.24, 2.45) is 0 Å². The van der Waals surface area contributed by atoms with E-state index in [9.17, 15) is 0 Å². The molecule has 1 fully saturated rings. The van der Waals surface area contributed by atoms with E-state index in [1.54, 1.807) is 0 Å². The standard InChI is InChI=1S/C13H22N4/c1-14-8-11-4-6-15-9-13(11)17-7-5-12(10-17)16(2)3/h4,6,9,12,14H,5,7-8,10H2,1-3H3. The molecule has 1 unspecified atom stereocenters. The van der Waals surface area contributed by atoms with Crippen LogP contribution in [0.4, 0.5) is 5.69 Å². The molecule has 4 nitrogen and oxygen atoms in total. The van der Waals surface area contributed by atoms with E-state index in [1.165, 1.54) is 17.7 Å². The number of aromatic nitrogens is 1. The quantitative estimate of drug-likeness (QED) is 0.840. The predicted octanol–water partition coefficient (Wildman–Crippen LogP) is 0.941. The third kappa shape index (κ3) is 2.76. The van der Waals surface area contributed by atoms with Crippen molar-refractivity contribution in [3.63, 3.8) is 0 Å². The zero-order valence-corrected chi connectivity index (χ0v) is 11.0. The van der Waals surface area contributed by atoms with Crippen LogP contribution in [0.2, 0.25) is 0 Å². The van der Waals surface area contributed by atoms with Crippen molar-refractivity contribution in [3.05, 3.63) is 24.0 Å². The molecule has 2 rings (SSSR count). The maximum atomic E-state index is 4.26. The second-order valence-corrected chi connectivity index (χ2v) is 4.89. The Balaban J connectivity index is 2.12. The Hall–Kier alpha value is -1.13. The lowest BCUT2D eigenvalue weighted by Gasteiger charge is -2.23. The monoisotopic (exact) mass is 234 g/mol. The highest BCUT2D eigenvalue weighted by molar-refractivity contribution is 5.52. The summed E-state index contributed by atoms with van der Waals surface area (Å²) in [7, 11) is 6.30. The van der Waals surface area contributed by atoms with Crippen LogP contribution in [0, 0.1) is 0 Å². The molecule has 1 atom stereocenters. The van der Waals surface area contributed by atoms with E-state index >= 15 is 0 Å². The van der Waals surface area contributed by atoms with Crippen LogP contribution in [-0.4, -0.2) is 50.2 Å². The summed E-state index contributed by atoms with van der Waals surface area (Å²) < 4.78 is 0. The van der Waals surface area contributed by atoms with Gasteiger partial charge >= 0.3 is 0 Å². The molecule has 0 spiro atoms. The molecule has 1 aliphatic heterocycles. The Morgan fingerprint density at radius 3 is 3.00 bits per heavy atom. The van der Waals surface area contributed by atoms with Crippen molar-refractivity contribution >= 4 is 5.69 Å². The molecule has 0 bridgehead atoms. The summed E-state index contributed by atoms with van der Waals surface area (Å²) in [5.41, 5.74) is 2.62. The molecule has 1 N–H and O–H groups in total. The second-order valence-electron chi connectivity index (χ2n) is 4.89. The first kappa shape index (κ1) is 12.3. The van der Waals surface area contributed by atoms with Crippen LogP contribution in [-0.2, 0) is 6.54 Å². The second kappa shape index (κ2) is 5.47. The van der Waals surface area contributed by atoms with Gasteiger partial charge in [0.1, 0.15) is 0 Å². The predicted molar refractivity (Wildman–Crippen MR) is 71.3 cm³/mol. The van der Waals surface area contributed by atoms with Gasteiger partial charge in [-0.15, -0.1) is 0 Å². The molecule has 4 heteroatoms. The average molecular weight is 234 g/mol. The van der Waals surface area contributed by atoms with E-state index < -0.39 is 0 Å². The molecule has 0 aliphatic carbocycles. The van der Waals surface area contributed by atoms with Gasteiger partial charge in [-0.05, 0) is 39.2 Å². The summed E-state index contributed by atoms with van der Waals surface area (Å²) in [6.07, 6.45) is 5.10. The van der Waals surface area contributed by atoms with Crippen molar-refractivity contribution in [2.45, 2.75) is 19.0 Å². The van der Waals surface area contributed by atoms with Crippen LogP contribution in [0.15, 0.2) is 18.5 Å². The highest BCUT2D eigenvalue weighted by Crippen LogP contribution is 2.24. The minimum atomic E-state index is 0.664. The Morgan fingerprint density at radius 2 is 2.35 bits per heavy atom. The first-order valence-electron chi connectivity index (χ1n) is 6.21. The van der Waals surface area contributed by atoms with Crippen LogP contribution < -0.4 is 10.2 Å². The van der Waals surface area contributed by atoms with Crippen LogP contribution in [0.3, 0.4) is 0 Å². The number of hydrogen-bond acceptors (Lipinski definition) is 4. The van der Waals surface area contributed by atoms with E-state index in [4.69, 9.17) is 0 Å². The Morgan fingerprint density at radius 1 is 1.53 bits per heavy atom. The lowest BCUT2D eigenvalue weighted by molar-refractivity contribution is 0.315. The van der Waals surface area contributed by atoms with Crippen LogP contribution >= 0.6 is 0 Å². The molecule has 0 radical (unpaired) electrons. The summed E-state index contributed by atoms with van der Waals surface area (Å²) in [5.74, 6) is 0. The molecule has 1 saturated heterocycles. The van der Waals surface area contributed by atoms with Crippen molar-refractivity contribution in [1.29, 1.82) is 0 Å². The minimum absolute atomic E-state index is 0.664. The Labute approximate surface area is 104 Å². The van der Waals surface area contributed by atoms with Gasteiger partial charge in [0, 0.05) is 31.9 Å². The van der Waals surface area contributed by atoms with Gasteiger partial charge < -0.3 is 15.1 Å². The molecule has 2 heterocycles. The number of hydrogen-bond donors (Lipinski definition) is 1. The van der Waals surface area contributed by atoms with Crippen molar-refractivity contribution < 1.29 is 0 Å². The SMILES string of the molecule is CNCc1ccncc1N1CCC(N(C)C)C1. The van der Waals surface area contributed by atoms with E-state index in [-0.39, 0.29) is 0 Å². The molecule has 0 saturated carbocycles. The molecule has 17 heavy (non-hydrogen) atoms. The van der Waals surface area contributed by atoms with Crippen LogP contribution in [0.5, 0.6) is 0 Å². The van der Waals surface area contributed by atoms with Crippen molar-refractivity contribution in [1.82, 2.24) is 15.2 Å². The van der Waals surface area contributed by atoms with Gasteiger partial charge in [-0.25, -0.2) is 0 Å². The summed E-state index contributed by atoms with van der Waals surface area (Å²) in [6, 6.07) is 2.77. The van der Waals surface area contributed by atoms with Gasteiger partial charge in [0.05, 0.1) is 11.9 Å². The molecule has 94 valence electrons. The summed E-state index contributed by atoms with van der Waals surface area (Å²) in [4.78, 5) is 9.02. The van der Waals surface area contributed by atoms with Crippen LogP contribution in [0.1, 0.15) is 12.0 Å². The third-order valence-corrected chi connectivity index (χ3v) is 3.49. The van der Waals surface area contributed by atoms with E-state index in [1.807, 2.05) is 19.4 Å². The first-order valence-corrected chi connectivity index (χ1v) is 6.21. The van der Waals surface area contributed by atoms with Gasteiger partial charge in [0.25, 0.3) is 0 Å². The van der Waals surface area contributed by atoms with Gasteiger partial charge in [-0.1, -0.05) is 0 Å². The summed E-state index contributed by atoms with van der Waals surface area (Å²) in [5, 5.41) is 3.22. The highest BCUT2D eigenvalue weighted by atomic mass is 15.2.